The molecular formula is C25H27N3O2. The zero-order valence-electron chi connectivity index (χ0n) is 17.4. The van der Waals surface area contributed by atoms with Crippen molar-refractivity contribution < 1.29 is 9.59 Å². The molecule has 0 saturated carbocycles. The molecule has 0 unspecified atom stereocenters. The van der Waals surface area contributed by atoms with Gasteiger partial charge in [0.2, 0.25) is 0 Å². The summed E-state index contributed by atoms with van der Waals surface area (Å²) in [5.74, 6) is 1.08. The van der Waals surface area contributed by atoms with E-state index in [2.05, 4.69) is 29.5 Å². The molecule has 5 nitrogen and oxygen atoms in total. The van der Waals surface area contributed by atoms with Crippen molar-refractivity contribution >= 4 is 28.9 Å². The van der Waals surface area contributed by atoms with Crippen molar-refractivity contribution in [2.24, 2.45) is 5.92 Å². The Hall–Kier alpha value is -3.47. The first-order valence-electron chi connectivity index (χ1n) is 10.2. The highest BCUT2D eigenvalue weighted by Crippen LogP contribution is 2.20. The van der Waals surface area contributed by atoms with Crippen LogP contribution in [0, 0.1) is 5.92 Å². The van der Waals surface area contributed by atoms with E-state index in [1.165, 1.54) is 0 Å². The largest absolute Gasteiger partial charge is 0.356 e. The molecule has 0 saturated heterocycles. The third-order valence-electron chi connectivity index (χ3n) is 4.71. The van der Waals surface area contributed by atoms with Crippen molar-refractivity contribution in [2.75, 3.05) is 10.6 Å². The van der Waals surface area contributed by atoms with Crippen LogP contribution in [0.3, 0.4) is 0 Å². The first-order valence-corrected chi connectivity index (χ1v) is 10.2. The zero-order chi connectivity index (χ0) is 21.3. The number of carbonyl (C=O) groups is 2. The summed E-state index contributed by atoms with van der Waals surface area (Å²) in [4.78, 5) is 28.8. The predicted octanol–water partition coefficient (Wildman–Crippen LogP) is 6.09. The standard InChI is InChI=1S/C25H27N3O2/c1-18(2)7-5-10-23(29)20-8-6-9-22(17-20)27-21-14-12-19(13-15-21)25(30)28-24-11-3-4-16-26-24/h3-4,6,8-9,11-18,27H,5,7,10H2,1-2H3,(H,26,28,30). The number of Topliss-reactive ketones (excluding diaryl/α,β-unsaturated/α-hetero) is 1. The molecule has 2 aromatic carbocycles. The van der Waals surface area contributed by atoms with E-state index in [0.29, 0.717) is 23.7 Å². The molecule has 0 aliphatic rings. The third-order valence-corrected chi connectivity index (χ3v) is 4.71. The molecule has 0 radical (unpaired) electrons. The van der Waals surface area contributed by atoms with Crippen LogP contribution in [0.25, 0.3) is 0 Å². The number of carbonyl (C=O) groups excluding carboxylic acids is 2. The maximum absolute atomic E-state index is 12.4. The van der Waals surface area contributed by atoms with Crippen molar-refractivity contribution in [3.8, 4) is 0 Å². The summed E-state index contributed by atoms with van der Waals surface area (Å²) in [6, 6.07) is 20.1. The topological polar surface area (TPSA) is 71.1 Å². The lowest BCUT2D eigenvalue weighted by Gasteiger charge is -2.10. The predicted molar refractivity (Wildman–Crippen MR) is 121 cm³/mol. The maximum atomic E-state index is 12.4. The second-order valence-corrected chi connectivity index (χ2v) is 7.66. The van der Waals surface area contributed by atoms with Crippen LogP contribution < -0.4 is 10.6 Å². The average molecular weight is 402 g/mol. The van der Waals surface area contributed by atoms with Gasteiger partial charge >= 0.3 is 0 Å². The van der Waals surface area contributed by atoms with Crippen molar-refractivity contribution in [2.45, 2.75) is 33.1 Å². The number of ketones is 1. The molecule has 154 valence electrons. The zero-order valence-corrected chi connectivity index (χ0v) is 17.4. The van der Waals surface area contributed by atoms with E-state index in [1.54, 1.807) is 30.5 Å². The molecule has 0 bridgehead atoms. The van der Waals surface area contributed by atoms with Gasteiger partial charge in [-0.2, -0.15) is 0 Å². The van der Waals surface area contributed by atoms with Crippen LogP contribution in [0.5, 0.6) is 0 Å². The number of benzene rings is 2. The lowest BCUT2D eigenvalue weighted by molar-refractivity contribution is 0.0977. The molecule has 0 atom stereocenters. The summed E-state index contributed by atoms with van der Waals surface area (Å²) in [5.41, 5.74) is 2.94. The fourth-order valence-corrected chi connectivity index (χ4v) is 3.08. The number of rotatable bonds is 9. The van der Waals surface area contributed by atoms with Gasteiger partial charge in [-0.3, -0.25) is 9.59 Å². The lowest BCUT2D eigenvalue weighted by atomic mass is 10.0. The van der Waals surface area contributed by atoms with Crippen LogP contribution in [0.15, 0.2) is 72.9 Å². The Labute approximate surface area is 177 Å². The molecule has 2 N–H and O–H groups in total. The Kier molecular flexibility index (Phi) is 7.33. The Morgan fingerprint density at radius 3 is 2.40 bits per heavy atom. The number of nitrogens with zero attached hydrogens (tertiary/aromatic N) is 1. The van der Waals surface area contributed by atoms with Crippen LogP contribution in [-0.2, 0) is 0 Å². The molecule has 0 fully saturated rings. The van der Waals surface area contributed by atoms with Crippen molar-refractivity contribution in [3.63, 3.8) is 0 Å². The van der Waals surface area contributed by atoms with Gasteiger partial charge < -0.3 is 10.6 Å². The van der Waals surface area contributed by atoms with Gasteiger partial charge in [-0.1, -0.05) is 38.5 Å². The molecule has 3 aromatic rings. The van der Waals surface area contributed by atoms with E-state index in [9.17, 15) is 9.59 Å². The highest BCUT2D eigenvalue weighted by molar-refractivity contribution is 6.04. The van der Waals surface area contributed by atoms with Crippen LogP contribution in [0.1, 0.15) is 53.8 Å². The normalized spacial score (nSPS) is 10.6. The van der Waals surface area contributed by atoms with Crippen molar-refractivity contribution in [3.05, 3.63) is 84.1 Å². The van der Waals surface area contributed by atoms with Gasteiger partial charge in [0.05, 0.1) is 0 Å². The Morgan fingerprint density at radius 2 is 1.70 bits per heavy atom. The van der Waals surface area contributed by atoms with E-state index in [0.717, 1.165) is 29.8 Å². The molecule has 5 heteroatoms. The fraction of sp³-hybridized carbons (Fsp3) is 0.240. The smallest absolute Gasteiger partial charge is 0.256 e. The Morgan fingerprint density at radius 1 is 0.900 bits per heavy atom. The Bertz CT molecular complexity index is 983. The summed E-state index contributed by atoms with van der Waals surface area (Å²) in [6.07, 6.45) is 4.17. The first kappa shape index (κ1) is 21.2. The van der Waals surface area contributed by atoms with Crippen LogP contribution in [0.4, 0.5) is 17.2 Å². The maximum Gasteiger partial charge on any atom is 0.256 e. The number of anilines is 3. The van der Waals surface area contributed by atoms with Gasteiger partial charge in [0.1, 0.15) is 5.82 Å². The number of pyridine rings is 1. The fourth-order valence-electron chi connectivity index (χ4n) is 3.08. The summed E-state index contributed by atoms with van der Waals surface area (Å²) < 4.78 is 0. The molecule has 0 aliphatic heterocycles. The van der Waals surface area contributed by atoms with Gasteiger partial charge in [0.15, 0.2) is 5.78 Å². The quantitative estimate of drug-likeness (QED) is 0.426. The van der Waals surface area contributed by atoms with Crippen molar-refractivity contribution in [1.29, 1.82) is 0 Å². The average Bonchev–Trinajstić information content (AvgIpc) is 2.75. The molecule has 1 amide bonds. The van der Waals surface area contributed by atoms with E-state index in [-0.39, 0.29) is 11.7 Å². The van der Waals surface area contributed by atoms with Crippen molar-refractivity contribution in [1.82, 2.24) is 4.98 Å². The molecule has 30 heavy (non-hydrogen) atoms. The minimum absolute atomic E-state index is 0.167. The number of aromatic nitrogens is 1. The summed E-state index contributed by atoms with van der Waals surface area (Å²) >= 11 is 0. The highest BCUT2D eigenvalue weighted by atomic mass is 16.1. The molecular weight excluding hydrogens is 374 g/mol. The molecule has 0 aliphatic carbocycles. The lowest BCUT2D eigenvalue weighted by Crippen LogP contribution is -2.12. The van der Waals surface area contributed by atoms with E-state index < -0.39 is 0 Å². The Balaban J connectivity index is 1.60. The van der Waals surface area contributed by atoms with E-state index >= 15 is 0 Å². The van der Waals surface area contributed by atoms with Crippen LogP contribution in [0.2, 0.25) is 0 Å². The first-order chi connectivity index (χ1) is 14.5. The van der Waals surface area contributed by atoms with Gasteiger partial charge in [0.25, 0.3) is 5.91 Å². The molecule has 0 spiro atoms. The number of hydrogen-bond donors (Lipinski definition) is 2. The third kappa shape index (κ3) is 6.27. The summed E-state index contributed by atoms with van der Waals surface area (Å²) in [5, 5.41) is 6.06. The second kappa shape index (κ2) is 10.3. The number of amides is 1. The van der Waals surface area contributed by atoms with Gasteiger partial charge in [0, 0.05) is 35.1 Å². The van der Waals surface area contributed by atoms with Gasteiger partial charge in [-0.15, -0.1) is 0 Å². The highest BCUT2D eigenvalue weighted by Gasteiger charge is 2.09. The molecule has 1 heterocycles. The molecule has 3 rings (SSSR count). The second-order valence-electron chi connectivity index (χ2n) is 7.66. The van der Waals surface area contributed by atoms with Gasteiger partial charge in [-0.25, -0.2) is 4.98 Å². The monoisotopic (exact) mass is 401 g/mol. The van der Waals surface area contributed by atoms with Crippen LogP contribution >= 0.6 is 0 Å². The summed E-state index contributed by atoms with van der Waals surface area (Å²) in [7, 11) is 0. The number of hydrogen-bond acceptors (Lipinski definition) is 4. The van der Waals surface area contributed by atoms with Gasteiger partial charge in [-0.05, 0) is 60.9 Å². The number of nitrogens with one attached hydrogen (secondary N) is 2. The van der Waals surface area contributed by atoms with E-state index in [4.69, 9.17) is 0 Å². The summed E-state index contributed by atoms with van der Waals surface area (Å²) in [6.45, 7) is 4.34. The minimum Gasteiger partial charge on any atom is -0.356 e. The minimum atomic E-state index is -0.214. The SMILES string of the molecule is CC(C)CCCC(=O)c1cccc(Nc2ccc(C(=O)Nc3ccccn3)cc2)c1. The molecule has 1 aromatic heterocycles. The van der Waals surface area contributed by atoms with E-state index in [1.807, 2.05) is 42.5 Å². The van der Waals surface area contributed by atoms with Crippen LogP contribution in [-0.4, -0.2) is 16.7 Å².